The highest BCUT2D eigenvalue weighted by Crippen LogP contribution is 2.32. The number of methoxy groups -OCH3 is 1. The Balaban J connectivity index is 2.25. The molecule has 2 rings (SSSR count). The molecule has 2 aromatic rings. The summed E-state index contributed by atoms with van der Waals surface area (Å²) in [5.41, 5.74) is 3.17. The topological polar surface area (TPSA) is 42.3 Å². The molecule has 0 aromatic carbocycles. The zero-order valence-electron chi connectivity index (χ0n) is 11.8. The van der Waals surface area contributed by atoms with E-state index in [1.165, 1.54) is 5.69 Å². The van der Waals surface area contributed by atoms with Crippen LogP contribution in [0.1, 0.15) is 5.69 Å². The SMILES string of the molecule is COc1nccc(N(C)C)c1NCc1cccn1C. The summed E-state index contributed by atoms with van der Waals surface area (Å²) in [4.78, 5) is 6.28. The molecule has 0 radical (unpaired) electrons. The second-order valence-corrected chi connectivity index (χ2v) is 4.57. The van der Waals surface area contributed by atoms with Crippen LogP contribution in [0, 0.1) is 0 Å². The third-order valence-corrected chi connectivity index (χ3v) is 3.07. The predicted octanol–water partition coefficient (Wildman–Crippen LogP) is 2.11. The van der Waals surface area contributed by atoms with Gasteiger partial charge in [-0.1, -0.05) is 0 Å². The van der Waals surface area contributed by atoms with Crippen LogP contribution >= 0.6 is 0 Å². The second-order valence-electron chi connectivity index (χ2n) is 4.57. The first-order valence-electron chi connectivity index (χ1n) is 6.18. The van der Waals surface area contributed by atoms with E-state index >= 15 is 0 Å². The van der Waals surface area contributed by atoms with Crippen molar-refractivity contribution in [2.45, 2.75) is 6.54 Å². The van der Waals surface area contributed by atoms with Gasteiger partial charge in [-0.3, -0.25) is 0 Å². The maximum absolute atomic E-state index is 5.33. The second kappa shape index (κ2) is 5.65. The number of anilines is 2. The monoisotopic (exact) mass is 260 g/mol. The zero-order valence-corrected chi connectivity index (χ0v) is 11.8. The molecule has 2 heterocycles. The Morgan fingerprint density at radius 3 is 2.74 bits per heavy atom. The van der Waals surface area contributed by atoms with Crippen LogP contribution in [0.15, 0.2) is 30.6 Å². The molecule has 2 aromatic heterocycles. The van der Waals surface area contributed by atoms with Gasteiger partial charge < -0.3 is 19.5 Å². The lowest BCUT2D eigenvalue weighted by Gasteiger charge is -2.20. The summed E-state index contributed by atoms with van der Waals surface area (Å²) in [6.07, 6.45) is 3.78. The van der Waals surface area contributed by atoms with E-state index in [4.69, 9.17) is 4.74 Å². The molecule has 0 amide bonds. The number of nitrogens with one attached hydrogen (secondary N) is 1. The largest absolute Gasteiger partial charge is 0.479 e. The lowest BCUT2D eigenvalue weighted by molar-refractivity contribution is 0.399. The number of hydrogen-bond acceptors (Lipinski definition) is 4. The molecular formula is C14H20N4O. The molecule has 0 saturated carbocycles. The van der Waals surface area contributed by atoms with E-state index in [-0.39, 0.29) is 0 Å². The molecule has 0 fully saturated rings. The summed E-state index contributed by atoms with van der Waals surface area (Å²) >= 11 is 0. The molecule has 102 valence electrons. The molecule has 0 unspecified atom stereocenters. The minimum Gasteiger partial charge on any atom is -0.479 e. The Kier molecular flexibility index (Phi) is 3.94. The smallest absolute Gasteiger partial charge is 0.239 e. The van der Waals surface area contributed by atoms with Gasteiger partial charge in [0.2, 0.25) is 5.88 Å². The molecule has 5 heteroatoms. The van der Waals surface area contributed by atoms with Crippen LogP contribution in [0.3, 0.4) is 0 Å². The van der Waals surface area contributed by atoms with E-state index in [1.54, 1.807) is 13.3 Å². The van der Waals surface area contributed by atoms with E-state index in [0.29, 0.717) is 5.88 Å². The minimum atomic E-state index is 0.611. The summed E-state index contributed by atoms with van der Waals surface area (Å²) in [6.45, 7) is 0.729. The van der Waals surface area contributed by atoms with Gasteiger partial charge in [0, 0.05) is 39.2 Å². The summed E-state index contributed by atoms with van der Waals surface area (Å²) < 4.78 is 7.42. The maximum Gasteiger partial charge on any atom is 0.239 e. The fraction of sp³-hybridized carbons (Fsp3) is 0.357. The average Bonchev–Trinajstić information content (AvgIpc) is 2.81. The molecule has 1 N–H and O–H groups in total. The van der Waals surface area contributed by atoms with Crippen molar-refractivity contribution in [1.29, 1.82) is 0 Å². The minimum absolute atomic E-state index is 0.611. The van der Waals surface area contributed by atoms with Crippen LogP contribution in [0.25, 0.3) is 0 Å². The van der Waals surface area contributed by atoms with E-state index < -0.39 is 0 Å². The van der Waals surface area contributed by atoms with Crippen molar-refractivity contribution < 1.29 is 4.74 Å². The van der Waals surface area contributed by atoms with Crippen molar-refractivity contribution in [3.8, 4) is 5.88 Å². The third kappa shape index (κ3) is 2.81. The molecule has 19 heavy (non-hydrogen) atoms. The first-order chi connectivity index (χ1) is 9.13. The van der Waals surface area contributed by atoms with Crippen molar-refractivity contribution >= 4 is 11.4 Å². The van der Waals surface area contributed by atoms with E-state index in [0.717, 1.165) is 17.9 Å². The molecule has 0 aliphatic rings. The summed E-state index contributed by atoms with van der Waals surface area (Å²) in [5.74, 6) is 0.611. The third-order valence-electron chi connectivity index (χ3n) is 3.07. The van der Waals surface area contributed by atoms with Crippen LogP contribution < -0.4 is 15.0 Å². The lowest BCUT2D eigenvalue weighted by atomic mass is 10.3. The summed E-state index contributed by atoms with van der Waals surface area (Å²) in [6, 6.07) is 6.09. The number of aryl methyl sites for hydroxylation is 1. The predicted molar refractivity (Wildman–Crippen MR) is 77.9 cm³/mol. The van der Waals surface area contributed by atoms with Gasteiger partial charge in [0.25, 0.3) is 0 Å². The standard InChI is InChI=1S/C14H20N4O/c1-17(2)12-7-8-15-14(19-4)13(12)16-10-11-6-5-9-18(11)3/h5-9,16H,10H2,1-4H3. The molecular weight excluding hydrogens is 240 g/mol. The summed E-state index contributed by atoms with van der Waals surface area (Å²) in [5, 5.41) is 3.41. The Hall–Kier alpha value is -2.17. The molecule has 0 aliphatic heterocycles. The van der Waals surface area contributed by atoms with Crippen molar-refractivity contribution in [3.63, 3.8) is 0 Å². The average molecular weight is 260 g/mol. The number of nitrogens with zero attached hydrogens (tertiary/aromatic N) is 3. The van der Waals surface area contributed by atoms with Crippen LogP contribution in [0.4, 0.5) is 11.4 Å². The van der Waals surface area contributed by atoms with Crippen LogP contribution in [-0.4, -0.2) is 30.8 Å². The van der Waals surface area contributed by atoms with Crippen molar-refractivity contribution in [3.05, 3.63) is 36.3 Å². The fourth-order valence-electron chi connectivity index (χ4n) is 1.99. The van der Waals surface area contributed by atoms with Gasteiger partial charge in [-0.25, -0.2) is 4.98 Å². The Morgan fingerprint density at radius 2 is 2.16 bits per heavy atom. The van der Waals surface area contributed by atoms with Crippen molar-refractivity contribution in [2.24, 2.45) is 7.05 Å². The van der Waals surface area contributed by atoms with Gasteiger partial charge in [-0.15, -0.1) is 0 Å². The quantitative estimate of drug-likeness (QED) is 0.894. The molecule has 0 spiro atoms. The highest BCUT2D eigenvalue weighted by molar-refractivity contribution is 5.74. The number of ether oxygens (including phenoxy) is 1. The fourth-order valence-corrected chi connectivity index (χ4v) is 1.99. The molecule has 0 atom stereocenters. The van der Waals surface area contributed by atoms with E-state index in [2.05, 4.69) is 20.9 Å². The highest BCUT2D eigenvalue weighted by atomic mass is 16.5. The van der Waals surface area contributed by atoms with Gasteiger partial charge in [0.05, 0.1) is 19.3 Å². The Labute approximate surface area is 113 Å². The highest BCUT2D eigenvalue weighted by Gasteiger charge is 2.12. The number of pyridine rings is 1. The maximum atomic E-state index is 5.33. The van der Waals surface area contributed by atoms with E-state index in [9.17, 15) is 0 Å². The first-order valence-corrected chi connectivity index (χ1v) is 6.18. The Morgan fingerprint density at radius 1 is 1.37 bits per heavy atom. The van der Waals surface area contributed by atoms with Crippen molar-refractivity contribution in [1.82, 2.24) is 9.55 Å². The van der Waals surface area contributed by atoms with Gasteiger partial charge in [0.15, 0.2) is 0 Å². The normalized spacial score (nSPS) is 10.3. The zero-order chi connectivity index (χ0) is 13.8. The molecule has 5 nitrogen and oxygen atoms in total. The first kappa shape index (κ1) is 13.3. The summed E-state index contributed by atoms with van der Waals surface area (Å²) in [7, 11) is 7.67. The van der Waals surface area contributed by atoms with Crippen LogP contribution in [0.5, 0.6) is 5.88 Å². The van der Waals surface area contributed by atoms with Crippen LogP contribution in [0.2, 0.25) is 0 Å². The number of aromatic nitrogens is 2. The van der Waals surface area contributed by atoms with Gasteiger partial charge in [0.1, 0.15) is 5.69 Å². The number of rotatable bonds is 5. The van der Waals surface area contributed by atoms with E-state index in [1.807, 2.05) is 44.4 Å². The molecule has 0 saturated heterocycles. The molecule has 0 aliphatic carbocycles. The van der Waals surface area contributed by atoms with Gasteiger partial charge in [-0.2, -0.15) is 0 Å². The number of hydrogen-bond donors (Lipinski definition) is 1. The lowest BCUT2D eigenvalue weighted by Crippen LogP contribution is -2.14. The van der Waals surface area contributed by atoms with Crippen LogP contribution in [-0.2, 0) is 13.6 Å². The Bertz CT molecular complexity index is 548. The van der Waals surface area contributed by atoms with Gasteiger partial charge in [-0.05, 0) is 18.2 Å². The van der Waals surface area contributed by atoms with Crippen molar-refractivity contribution in [2.75, 3.05) is 31.4 Å². The van der Waals surface area contributed by atoms with Gasteiger partial charge >= 0.3 is 0 Å². The molecule has 0 bridgehead atoms.